The second-order valence-corrected chi connectivity index (χ2v) is 9.00. The van der Waals surface area contributed by atoms with Crippen LogP contribution in [0.1, 0.15) is 59.8 Å². The lowest BCUT2D eigenvalue weighted by Gasteiger charge is -2.38. The summed E-state index contributed by atoms with van der Waals surface area (Å²) in [7, 11) is 1.36. The number of hydrogen-bond donors (Lipinski definition) is 2. The van der Waals surface area contributed by atoms with Gasteiger partial charge < -0.3 is 15.0 Å². The Morgan fingerprint density at radius 2 is 1.87 bits per heavy atom. The van der Waals surface area contributed by atoms with Crippen LogP contribution in [0.15, 0.2) is 0 Å². The van der Waals surface area contributed by atoms with Gasteiger partial charge in [0.25, 0.3) is 0 Å². The van der Waals surface area contributed by atoms with Gasteiger partial charge in [-0.1, -0.05) is 40.5 Å². The molecule has 9 heteroatoms. The first-order valence-electron chi connectivity index (χ1n) is 10.6. The third-order valence-electron chi connectivity index (χ3n) is 5.55. The Balaban J connectivity index is 2.87. The third-order valence-corrected chi connectivity index (χ3v) is 5.55. The van der Waals surface area contributed by atoms with Crippen molar-refractivity contribution >= 4 is 24.2 Å². The first-order chi connectivity index (χ1) is 14.0. The lowest BCUT2D eigenvalue weighted by molar-refractivity contribution is -0.155. The van der Waals surface area contributed by atoms with Crippen LogP contribution in [0.3, 0.4) is 0 Å². The van der Waals surface area contributed by atoms with Crippen LogP contribution in [-0.4, -0.2) is 72.2 Å². The van der Waals surface area contributed by atoms with E-state index in [1.807, 2.05) is 27.7 Å². The van der Waals surface area contributed by atoms with E-state index in [0.29, 0.717) is 37.4 Å². The van der Waals surface area contributed by atoms with Crippen molar-refractivity contribution in [3.8, 4) is 0 Å². The van der Waals surface area contributed by atoms with E-state index in [1.165, 1.54) is 7.11 Å². The van der Waals surface area contributed by atoms with Gasteiger partial charge in [-0.05, 0) is 24.7 Å². The molecule has 3 amide bonds. The number of hydroxylamine groups is 2. The summed E-state index contributed by atoms with van der Waals surface area (Å²) < 4.78 is 4.79. The average Bonchev–Trinajstić information content (AvgIpc) is 2.72. The van der Waals surface area contributed by atoms with Crippen molar-refractivity contribution in [2.45, 2.75) is 65.8 Å². The molecule has 2 unspecified atom stereocenters. The van der Waals surface area contributed by atoms with Gasteiger partial charge in [-0.2, -0.15) is 0 Å². The molecule has 0 aromatic rings. The van der Waals surface area contributed by atoms with Gasteiger partial charge in [-0.3, -0.25) is 24.4 Å². The summed E-state index contributed by atoms with van der Waals surface area (Å²) >= 11 is 0. The molecule has 1 fully saturated rings. The van der Waals surface area contributed by atoms with E-state index in [4.69, 9.17) is 4.74 Å². The number of piperidine rings is 1. The maximum atomic E-state index is 13.2. The molecule has 1 aliphatic rings. The standard InChI is InChI=1S/C21H37N3O6/c1-6-7-8-16(13-24(29)14-25)18(26)22-17(21(2,3)4)19(27)23-11-9-15(10-12-23)20(28)30-5/h14-17,29H,6-13H2,1-5H3,(H,22,26). The molecular weight excluding hydrogens is 390 g/mol. The zero-order valence-electron chi connectivity index (χ0n) is 18.8. The monoisotopic (exact) mass is 427 g/mol. The molecular formula is C21H37N3O6. The Kier molecular flexibility index (Phi) is 10.2. The predicted octanol–water partition coefficient (Wildman–Crippen LogP) is 1.58. The van der Waals surface area contributed by atoms with Gasteiger partial charge in [0.1, 0.15) is 6.04 Å². The van der Waals surface area contributed by atoms with E-state index < -0.39 is 17.4 Å². The number of amides is 3. The Morgan fingerprint density at radius 3 is 2.33 bits per heavy atom. The van der Waals surface area contributed by atoms with Crippen LogP contribution in [0, 0.1) is 17.3 Å². The van der Waals surface area contributed by atoms with Gasteiger partial charge in [-0.15, -0.1) is 0 Å². The Morgan fingerprint density at radius 1 is 1.27 bits per heavy atom. The van der Waals surface area contributed by atoms with Crippen LogP contribution in [-0.2, 0) is 23.9 Å². The number of methoxy groups -OCH3 is 1. The molecule has 0 bridgehead atoms. The van der Waals surface area contributed by atoms with Crippen LogP contribution >= 0.6 is 0 Å². The van der Waals surface area contributed by atoms with Crippen molar-refractivity contribution in [1.82, 2.24) is 15.3 Å². The molecule has 0 aromatic heterocycles. The molecule has 2 N–H and O–H groups in total. The highest BCUT2D eigenvalue weighted by molar-refractivity contribution is 5.89. The van der Waals surface area contributed by atoms with Crippen molar-refractivity contribution in [3.05, 3.63) is 0 Å². The number of carbonyl (C=O) groups excluding carboxylic acids is 4. The van der Waals surface area contributed by atoms with E-state index in [0.717, 1.165) is 12.8 Å². The van der Waals surface area contributed by atoms with Crippen molar-refractivity contribution in [2.24, 2.45) is 17.3 Å². The maximum Gasteiger partial charge on any atom is 0.308 e. The molecule has 0 radical (unpaired) electrons. The zero-order chi connectivity index (χ0) is 22.9. The number of carbonyl (C=O) groups is 4. The second-order valence-electron chi connectivity index (χ2n) is 9.00. The molecule has 172 valence electrons. The molecule has 1 rings (SSSR count). The first kappa shape index (κ1) is 25.9. The lowest BCUT2D eigenvalue weighted by atomic mass is 9.84. The largest absolute Gasteiger partial charge is 0.469 e. The predicted molar refractivity (Wildman–Crippen MR) is 110 cm³/mol. The topological polar surface area (TPSA) is 116 Å². The van der Waals surface area contributed by atoms with E-state index >= 15 is 0 Å². The number of esters is 1. The number of rotatable bonds is 10. The van der Waals surface area contributed by atoms with Crippen molar-refractivity contribution in [1.29, 1.82) is 0 Å². The van der Waals surface area contributed by atoms with Gasteiger partial charge >= 0.3 is 5.97 Å². The first-order valence-corrected chi connectivity index (χ1v) is 10.6. The number of unbranched alkanes of at least 4 members (excludes halogenated alkanes) is 1. The highest BCUT2D eigenvalue weighted by Crippen LogP contribution is 2.25. The summed E-state index contributed by atoms with van der Waals surface area (Å²) in [5.74, 6) is -1.63. The molecule has 2 atom stereocenters. The summed E-state index contributed by atoms with van der Waals surface area (Å²) in [6, 6.07) is -0.757. The fraction of sp³-hybridized carbons (Fsp3) is 0.810. The number of ether oxygens (including phenoxy) is 1. The van der Waals surface area contributed by atoms with Crippen LogP contribution in [0.5, 0.6) is 0 Å². The summed E-state index contributed by atoms with van der Waals surface area (Å²) in [6.07, 6.45) is 3.46. The van der Waals surface area contributed by atoms with Gasteiger partial charge in [0.2, 0.25) is 18.2 Å². The number of nitrogens with one attached hydrogen (secondary N) is 1. The fourth-order valence-electron chi connectivity index (χ4n) is 3.62. The summed E-state index contributed by atoms with van der Waals surface area (Å²) in [4.78, 5) is 50.3. The number of nitrogens with zero attached hydrogens (tertiary/aromatic N) is 2. The minimum atomic E-state index is -0.757. The molecule has 1 heterocycles. The highest BCUT2D eigenvalue weighted by Gasteiger charge is 2.38. The molecule has 1 aliphatic heterocycles. The summed E-state index contributed by atoms with van der Waals surface area (Å²) in [5.41, 5.74) is -0.537. The maximum absolute atomic E-state index is 13.2. The number of likely N-dealkylation sites (tertiary alicyclic amines) is 1. The SMILES string of the molecule is CCCCC(CN(O)C=O)C(=O)NC(C(=O)N1CCC(C(=O)OC)CC1)C(C)(C)C. The van der Waals surface area contributed by atoms with Gasteiger partial charge in [0, 0.05) is 13.1 Å². The molecule has 30 heavy (non-hydrogen) atoms. The molecule has 9 nitrogen and oxygen atoms in total. The summed E-state index contributed by atoms with van der Waals surface area (Å²) in [6.45, 7) is 8.35. The highest BCUT2D eigenvalue weighted by atomic mass is 16.5. The molecule has 0 saturated carbocycles. The van der Waals surface area contributed by atoms with E-state index in [1.54, 1.807) is 4.90 Å². The zero-order valence-corrected chi connectivity index (χ0v) is 18.8. The average molecular weight is 428 g/mol. The van der Waals surface area contributed by atoms with Gasteiger partial charge in [0.05, 0.1) is 25.5 Å². The van der Waals surface area contributed by atoms with Gasteiger partial charge in [0.15, 0.2) is 0 Å². The normalized spacial score (nSPS) is 17.1. The van der Waals surface area contributed by atoms with E-state index in [9.17, 15) is 24.4 Å². The van der Waals surface area contributed by atoms with E-state index in [2.05, 4.69) is 5.32 Å². The molecule has 0 aliphatic carbocycles. The molecule has 1 saturated heterocycles. The van der Waals surface area contributed by atoms with Crippen molar-refractivity contribution in [2.75, 3.05) is 26.7 Å². The van der Waals surface area contributed by atoms with Crippen LogP contribution in [0.4, 0.5) is 0 Å². The lowest BCUT2D eigenvalue weighted by Crippen LogP contribution is -2.57. The Hall–Kier alpha value is -2.16. The van der Waals surface area contributed by atoms with E-state index in [-0.39, 0.29) is 36.7 Å². The fourth-order valence-corrected chi connectivity index (χ4v) is 3.62. The Labute approximate surface area is 179 Å². The molecule has 0 spiro atoms. The van der Waals surface area contributed by atoms with Crippen LogP contribution in [0.25, 0.3) is 0 Å². The van der Waals surface area contributed by atoms with Crippen molar-refractivity contribution in [3.63, 3.8) is 0 Å². The summed E-state index contributed by atoms with van der Waals surface area (Å²) in [5, 5.41) is 12.9. The third kappa shape index (κ3) is 7.59. The number of hydrogen-bond acceptors (Lipinski definition) is 6. The Bertz CT molecular complexity index is 596. The van der Waals surface area contributed by atoms with Crippen molar-refractivity contribution < 1.29 is 29.1 Å². The minimum absolute atomic E-state index is 0.120. The smallest absolute Gasteiger partial charge is 0.308 e. The molecule has 0 aromatic carbocycles. The van der Waals surface area contributed by atoms with Crippen LogP contribution in [0.2, 0.25) is 0 Å². The van der Waals surface area contributed by atoms with Crippen LogP contribution < -0.4 is 5.32 Å². The minimum Gasteiger partial charge on any atom is -0.469 e. The van der Waals surface area contributed by atoms with Gasteiger partial charge in [-0.25, -0.2) is 5.06 Å². The quantitative estimate of drug-likeness (QED) is 0.237. The second kappa shape index (κ2) is 11.9.